The Morgan fingerprint density at radius 1 is 1.32 bits per heavy atom. The molecule has 106 valence electrons. The summed E-state index contributed by atoms with van der Waals surface area (Å²) >= 11 is 10.2. The molecule has 0 aromatic heterocycles. The predicted molar refractivity (Wildman–Crippen MR) is 81.8 cm³/mol. The fourth-order valence-electron chi connectivity index (χ4n) is 2.78. The van der Waals surface area contributed by atoms with Gasteiger partial charge in [-0.2, -0.15) is 0 Å². The van der Waals surface area contributed by atoms with Crippen molar-refractivity contribution in [1.82, 2.24) is 0 Å². The lowest BCUT2D eigenvalue weighted by Gasteiger charge is -2.30. The highest BCUT2D eigenvalue weighted by molar-refractivity contribution is 9.09. The second kappa shape index (κ2) is 7.13. The molecule has 0 amide bonds. The van der Waals surface area contributed by atoms with Gasteiger partial charge < -0.3 is 9.47 Å². The van der Waals surface area contributed by atoms with Gasteiger partial charge in [0.05, 0.1) is 29.8 Å². The molecule has 2 saturated heterocycles. The van der Waals surface area contributed by atoms with Crippen LogP contribution in [0.3, 0.4) is 0 Å². The van der Waals surface area contributed by atoms with Crippen molar-refractivity contribution in [2.75, 3.05) is 0 Å². The zero-order valence-corrected chi connectivity index (χ0v) is 13.4. The minimum Gasteiger partial charge on any atom is -0.371 e. The zero-order valence-electron chi connectivity index (χ0n) is 11.1. The Balaban J connectivity index is 2.07. The Morgan fingerprint density at radius 3 is 2.74 bits per heavy atom. The van der Waals surface area contributed by atoms with Crippen molar-refractivity contribution in [2.45, 2.75) is 67.2 Å². The Kier molecular flexibility index (Phi) is 5.77. The van der Waals surface area contributed by atoms with E-state index >= 15 is 0 Å². The van der Waals surface area contributed by atoms with E-state index in [0.29, 0.717) is 4.83 Å². The van der Waals surface area contributed by atoms with Gasteiger partial charge in [-0.3, -0.25) is 0 Å². The molecule has 2 bridgehead atoms. The normalized spacial score (nSPS) is 42.8. The van der Waals surface area contributed by atoms with Gasteiger partial charge in [0.1, 0.15) is 0 Å². The van der Waals surface area contributed by atoms with Gasteiger partial charge in [-0.15, -0.1) is 18.0 Å². The largest absolute Gasteiger partial charge is 0.371 e. The van der Waals surface area contributed by atoms with E-state index in [1.165, 1.54) is 0 Å². The first kappa shape index (κ1) is 15.4. The van der Waals surface area contributed by atoms with Gasteiger partial charge in [-0.1, -0.05) is 34.9 Å². The Hall–Kier alpha value is -0.0100. The van der Waals surface area contributed by atoms with Crippen LogP contribution in [-0.2, 0) is 9.47 Å². The number of fused-ring (bicyclic) bond motifs is 2. The fraction of sp³-hybridized carbons (Fsp3) is 0.733. The van der Waals surface area contributed by atoms with E-state index in [2.05, 4.69) is 28.8 Å². The van der Waals surface area contributed by atoms with Crippen LogP contribution in [0.15, 0.2) is 12.2 Å². The molecular weight excluding hydrogens is 328 g/mol. The maximum Gasteiger partial charge on any atom is 0.0876 e. The maximum atomic E-state index is 6.47. The highest BCUT2D eigenvalue weighted by atomic mass is 79.9. The van der Waals surface area contributed by atoms with Crippen LogP contribution in [0.1, 0.15) is 32.6 Å². The summed E-state index contributed by atoms with van der Waals surface area (Å²) in [5, 5.41) is 0.0476. The summed E-state index contributed by atoms with van der Waals surface area (Å²) in [6, 6.07) is 0. The van der Waals surface area contributed by atoms with Gasteiger partial charge in [-0.05, 0) is 25.3 Å². The average molecular weight is 348 g/mol. The van der Waals surface area contributed by atoms with E-state index < -0.39 is 0 Å². The average Bonchev–Trinajstić information content (AvgIpc) is 2.79. The third-order valence-electron chi connectivity index (χ3n) is 3.82. The van der Waals surface area contributed by atoms with Gasteiger partial charge >= 0.3 is 0 Å². The maximum absolute atomic E-state index is 6.47. The highest BCUT2D eigenvalue weighted by Crippen LogP contribution is 2.37. The molecule has 0 aliphatic carbocycles. The lowest BCUT2D eigenvalue weighted by molar-refractivity contribution is -0.0500. The van der Waals surface area contributed by atoms with E-state index in [9.17, 15) is 0 Å². The molecule has 2 nitrogen and oxygen atoms in total. The minimum absolute atomic E-state index is 0.0476. The van der Waals surface area contributed by atoms with Gasteiger partial charge in [0.2, 0.25) is 0 Å². The fourth-order valence-corrected chi connectivity index (χ4v) is 4.25. The van der Waals surface area contributed by atoms with Gasteiger partial charge in [-0.25, -0.2) is 0 Å². The van der Waals surface area contributed by atoms with Crippen molar-refractivity contribution in [3.8, 4) is 12.3 Å². The molecule has 4 heteroatoms. The first-order valence-corrected chi connectivity index (χ1v) is 8.21. The van der Waals surface area contributed by atoms with E-state index in [1.807, 2.05) is 6.08 Å². The highest BCUT2D eigenvalue weighted by Gasteiger charge is 2.43. The molecule has 0 N–H and O–H groups in total. The summed E-state index contributed by atoms with van der Waals surface area (Å²) in [7, 11) is 0. The van der Waals surface area contributed by atoms with Crippen LogP contribution >= 0.6 is 27.5 Å². The molecule has 2 rings (SSSR count). The minimum atomic E-state index is 0.0476. The first-order valence-electron chi connectivity index (χ1n) is 6.85. The molecule has 2 fully saturated rings. The van der Waals surface area contributed by atoms with Crippen LogP contribution in [0.2, 0.25) is 0 Å². The molecule has 19 heavy (non-hydrogen) atoms. The van der Waals surface area contributed by atoms with Crippen LogP contribution < -0.4 is 0 Å². The standard InChI is InChI=1S/C15H20BrClO2/c1-3-5-6-7-13-15-9-14(19-13)11(17)8-10(16)12(4-2)18-15/h1,5-6,10-15H,4,7-9H2,2H3/b6-5-/t10-,11-,12+,13?,14-,15-/m0/s1. The summed E-state index contributed by atoms with van der Waals surface area (Å²) in [6.45, 7) is 2.14. The second-order valence-corrected chi connectivity index (χ2v) is 6.88. The number of halogens is 2. The molecule has 0 spiro atoms. The molecule has 0 saturated carbocycles. The van der Waals surface area contributed by atoms with Gasteiger partial charge in [0.25, 0.3) is 0 Å². The summed E-state index contributed by atoms with van der Waals surface area (Å²) in [5.74, 6) is 2.50. The predicted octanol–water partition coefficient (Wildman–Crippen LogP) is 3.66. The molecule has 1 unspecified atom stereocenters. The quantitative estimate of drug-likeness (QED) is 0.573. The van der Waals surface area contributed by atoms with Gasteiger partial charge in [0, 0.05) is 11.2 Å². The van der Waals surface area contributed by atoms with Crippen molar-refractivity contribution in [2.24, 2.45) is 0 Å². The molecule has 2 heterocycles. The van der Waals surface area contributed by atoms with Crippen LogP contribution in [0.5, 0.6) is 0 Å². The number of hydrogen-bond acceptors (Lipinski definition) is 2. The number of alkyl halides is 2. The van der Waals surface area contributed by atoms with Crippen molar-refractivity contribution in [1.29, 1.82) is 0 Å². The zero-order chi connectivity index (χ0) is 13.8. The summed E-state index contributed by atoms with van der Waals surface area (Å²) < 4.78 is 12.3. The van der Waals surface area contributed by atoms with E-state index in [4.69, 9.17) is 27.5 Å². The number of rotatable bonds is 3. The Bertz CT molecular complexity index is 366. The lowest BCUT2D eigenvalue weighted by Crippen LogP contribution is -2.37. The topological polar surface area (TPSA) is 18.5 Å². The van der Waals surface area contributed by atoms with E-state index in [1.54, 1.807) is 6.08 Å². The smallest absolute Gasteiger partial charge is 0.0876 e. The van der Waals surface area contributed by atoms with Crippen LogP contribution in [0.4, 0.5) is 0 Å². The summed E-state index contributed by atoms with van der Waals surface area (Å²) in [5.41, 5.74) is 0. The van der Waals surface area contributed by atoms with Crippen LogP contribution in [0.25, 0.3) is 0 Å². The molecule has 0 aromatic rings. The van der Waals surface area contributed by atoms with E-state index in [0.717, 1.165) is 25.7 Å². The Labute approximate surface area is 129 Å². The molecular formula is C15H20BrClO2. The molecule has 0 aromatic carbocycles. The van der Waals surface area contributed by atoms with Gasteiger partial charge in [0.15, 0.2) is 0 Å². The van der Waals surface area contributed by atoms with Crippen molar-refractivity contribution < 1.29 is 9.47 Å². The first-order chi connectivity index (χ1) is 9.15. The molecule has 2 aliphatic rings. The lowest BCUT2D eigenvalue weighted by atomic mass is 9.99. The molecule has 2 aliphatic heterocycles. The van der Waals surface area contributed by atoms with Crippen LogP contribution in [-0.4, -0.2) is 34.6 Å². The third-order valence-corrected chi connectivity index (χ3v) is 5.24. The monoisotopic (exact) mass is 346 g/mol. The second-order valence-electron chi connectivity index (χ2n) is 5.14. The number of ether oxygens (including phenoxy) is 2. The third kappa shape index (κ3) is 3.76. The Morgan fingerprint density at radius 2 is 2.05 bits per heavy atom. The number of allylic oxidation sites excluding steroid dienone is 1. The SMILES string of the molecule is C#C/C=C\CC1O[C@H]2C[C@@H]1O[C@H](CC)[C@@H](Br)C[C@@H]2Cl. The number of terminal acetylenes is 1. The van der Waals surface area contributed by atoms with Crippen LogP contribution in [0, 0.1) is 12.3 Å². The summed E-state index contributed by atoms with van der Waals surface area (Å²) in [4.78, 5) is 0.300. The molecule has 6 atom stereocenters. The van der Waals surface area contributed by atoms with Crippen molar-refractivity contribution in [3.63, 3.8) is 0 Å². The summed E-state index contributed by atoms with van der Waals surface area (Å²) in [6.07, 6.45) is 12.9. The van der Waals surface area contributed by atoms with Crippen molar-refractivity contribution >= 4 is 27.5 Å². The number of hydrogen-bond donors (Lipinski definition) is 0. The van der Waals surface area contributed by atoms with E-state index in [-0.39, 0.29) is 29.8 Å². The van der Waals surface area contributed by atoms with Crippen molar-refractivity contribution in [3.05, 3.63) is 12.2 Å². The molecule has 0 radical (unpaired) electrons.